The minimum atomic E-state index is -2.53. The van der Waals surface area contributed by atoms with Gasteiger partial charge in [-0.1, -0.05) is 13.8 Å². The lowest BCUT2D eigenvalue weighted by molar-refractivity contribution is -0.150. The number of H-pyrrole nitrogens is 1. The summed E-state index contributed by atoms with van der Waals surface area (Å²) in [5.74, 6) is -2.23. The lowest BCUT2D eigenvalue weighted by atomic mass is 9.87. The highest BCUT2D eigenvalue weighted by molar-refractivity contribution is 7.21. The summed E-state index contributed by atoms with van der Waals surface area (Å²) in [6, 6.07) is 4.46. The molecule has 2 fully saturated rings. The van der Waals surface area contributed by atoms with Crippen molar-refractivity contribution >= 4 is 33.1 Å². The number of aromatic nitrogens is 4. The van der Waals surface area contributed by atoms with Gasteiger partial charge < -0.3 is 9.88 Å². The Hall–Kier alpha value is -2.85. The van der Waals surface area contributed by atoms with Gasteiger partial charge in [-0.15, -0.1) is 11.3 Å². The summed E-state index contributed by atoms with van der Waals surface area (Å²) >= 11 is 1.55. The number of nitrogens with zero attached hydrogens (tertiary/aromatic N) is 5. The molecule has 4 aromatic heterocycles. The highest BCUT2D eigenvalue weighted by atomic mass is 32.1. The summed E-state index contributed by atoms with van der Waals surface area (Å²) in [7, 11) is 1.88. The minimum Gasteiger partial charge on any atom is -0.354 e. The summed E-state index contributed by atoms with van der Waals surface area (Å²) in [6.07, 6.45) is 6.98. The molecule has 4 aromatic rings. The number of carbonyl (C=O) groups is 1. The number of thiophene rings is 1. The van der Waals surface area contributed by atoms with E-state index < -0.39 is 5.92 Å². The molecular formula is C27H32F2N6OS. The van der Waals surface area contributed by atoms with E-state index in [2.05, 4.69) is 35.0 Å². The molecule has 0 aromatic carbocycles. The first-order chi connectivity index (χ1) is 17.6. The van der Waals surface area contributed by atoms with Crippen molar-refractivity contribution in [3.05, 3.63) is 40.7 Å². The van der Waals surface area contributed by atoms with Gasteiger partial charge in [0.25, 0.3) is 11.8 Å². The number of carbonyl (C=O) groups excluding carboxylic acids is 1. The molecule has 7 nitrogen and oxygen atoms in total. The van der Waals surface area contributed by atoms with Crippen LogP contribution in [0.3, 0.4) is 0 Å². The first kappa shape index (κ1) is 24.5. The number of hydrogen-bond donors (Lipinski definition) is 1. The van der Waals surface area contributed by atoms with Crippen molar-refractivity contribution < 1.29 is 13.6 Å². The molecule has 1 amide bonds. The van der Waals surface area contributed by atoms with Crippen molar-refractivity contribution in [2.75, 3.05) is 20.1 Å². The Kier molecular flexibility index (Phi) is 5.87. The third-order valence-corrected chi connectivity index (χ3v) is 9.22. The maximum Gasteiger partial charge on any atom is 0.272 e. The minimum absolute atomic E-state index is 0.0321. The molecule has 0 unspecified atom stereocenters. The van der Waals surface area contributed by atoms with Crippen LogP contribution in [0.4, 0.5) is 8.78 Å². The zero-order chi connectivity index (χ0) is 26.1. The van der Waals surface area contributed by atoms with E-state index in [4.69, 9.17) is 0 Å². The van der Waals surface area contributed by atoms with Crippen molar-refractivity contribution in [3.8, 4) is 11.3 Å². The number of rotatable bonds is 5. The summed E-state index contributed by atoms with van der Waals surface area (Å²) in [4.78, 5) is 25.9. The average Bonchev–Trinajstić information content (AvgIpc) is 3.55. The number of likely N-dealkylation sites (tertiary alicyclic amines) is 1. The van der Waals surface area contributed by atoms with Crippen molar-refractivity contribution in [2.45, 2.75) is 70.4 Å². The molecule has 1 aliphatic heterocycles. The van der Waals surface area contributed by atoms with Crippen LogP contribution in [-0.4, -0.2) is 73.4 Å². The first-order valence-corrected chi connectivity index (χ1v) is 13.8. The van der Waals surface area contributed by atoms with Gasteiger partial charge in [0.05, 0.1) is 33.9 Å². The van der Waals surface area contributed by atoms with Crippen molar-refractivity contribution in [1.82, 2.24) is 29.4 Å². The van der Waals surface area contributed by atoms with Crippen LogP contribution < -0.4 is 0 Å². The zero-order valence-electron chi connectivity index (χ0n) is 21.6. The predicted octanol–water partition coefficient (Wildman–Crippen LogP) is 5.71. The van der Waals surface area contributed by atoms with Crippen molar-refractivity contribution in [1.29, 1.82) is 0 Å². The summed E-state index contributed by atoms with van der Waals surface area (Å²) in [5.41, 5.74) is 6.17. The third-order valence-electron chi connectivity index (χ3n) is 8.06. The first-order valence-electron chi connectivity index (χ1n) is 13.0. The van der Waals surface area contributed by atoms with Crippen molar-refractivity contribution in [3.63, 3.8) is 0 Å². The monoisotopic (exact) mass is 526 g/mol. The van der Waals surface area contributed by atoms with E-state index >= 15 is 0 Å². The molecule has 1 saturated carbocycles. The number of nitrogens with one attached hydrogen (secondary N) is 1. The van der Waals surface area contributed by atoms with Crippen LogP contribution in [0.2, 0.25) is 0 Å². The van der Waals surface area contributed by atoms with Crippen LogP contribution in [0.1, 0.15) is 66.2 Å². The van der Waals surface area contributed by atoms with E-state index in [-0.39, 0.29) is 37.0 Å². The van der Waals surface area contributed by atoms with E-state index in [1.54, 1.807) is 22.2 Å². The van der Waals surface area contributed by atoms with Gasteiger partial charge in [-0.25, -0.2) is 18.3 Å². The van der Waals surface area contributed by atoms with Crippen LogP contribution in [0, 0.1) is 6.92 Å². The number of aromatic amines is 1. The number of hydrogen-bond acceptors (Lipinski definition) is 5. The molecule has 6 rings (SSSR count). The number of pyridine rings is 1. The Bertz CT molecular complexity index is 1470. The Labute approximate surface area is 218 Å². The van der Waals surface area contributed by atoms with Crippen LogP contribution >= 0.6 is 11.3 Å². The standard InChI is InChI=1S/C27H32F2N6OS/c1-15(2)22-23(17-9-16(3)25-30-14-31-35(25)11-17)32-20-10-21(37-24(20)22)26(36)33(4)18-5-7-19(8-6-18)34-12-27(28,29)13-34/h9-11,14-15,18-19,32H,5-8,12-13H2,1-4H3. The maximum atomic E-state index is 13.5. The second-order valence-corrected chi connectivity index (χ2v) is 12.1. The van der Waals surface area contributed by atoms with Crippen molar-refractivity contribution in [2.24, 2.45) is 0 Å². The summed E-state index contributed by atoms with van der Waals surface area (Å²) in [6.45, 7) is 6.14. The lowest BCUT2D eigenvalue weighted by Gasteiger charge is -2.47. The number of aryl methyl sites for hydroxylation is 1. The SMILES string of the molecule is Cc1cc(-c2[nH]c3cc(C(=O)N(C)C4CCC(N5CC(F)(F)C5)CC4)sc3c2C(C)C)cn2ncnc12. The van der Waals surface area contributed by atoms with Gasteiger partial charge in [-0.05, 0) is 61.8 Å². The van der Waals surface area contributed by atoms with Crippen LogP contribution in [0.5, 0.6) is 0 Å². The van der Waals surface area contributed by atoms with Crippen LogP contribution in [0.15, 0.2) is 24.7 Å². The molecule has 0 bridgehead atoms. The number of amides is 1. The number of halogens is 2. The normalized spacial score (nSPS) is 22.1. The van der Waals surface area contributed by atoms with Gasteiger partial charge in [0.15, 0.2) is 5.65 Å². The molecule has 1 N–H and O–H groups in total. The van der Waals surface area contributed by atoms with Gasteiger partial charge in [-0.2, -0.15) is 5.10 Å². The van der Waals surface area contributed by atoms with Crippen LogP contribution in [-0.2, 0) is 0 Å². The van der Waals surface area contributed by atoms with Crippen LogP contribution in [0.25, 0.3) is 27.1 Å². The van der Waals surface area contributed by atoms with E-state index in [9.17, 15) is 13.6 Å². The quantitative estimate of drug-likeness (QED) is 0.362. The fraction of sp³-hybridized carbons (Fsp3) is 0.519. The number of alkyl halides is 2. The van der Waals surface area contributed by atoms with E-state index in [1.807, 2.05) is 36.0 Å². The molecule has 1 aliphatic carbocycles. The molecule has 196 valence electrons. The molecule has 0 spiro atoms. The summed E-state index contributed by atoms with van der Waals surface area (Å²) < 4.78 is 29.4. The molecule has 2 aliphatic rings. The lowest BCUT2D eigenvalue weighted by Crippen LogP contribution is -2.60. The second kappa shape index (κ2) is 8.87. The number of fused-ring (bicyclic) bond motifs is 2. The van der Waals surface area contributed by atoms with Gasteiger partial charge in [-0.3, -0.25) is 9.69 Å². The highest BCUT2D eigenvalue weighted by Gasteiger charge is 2.47. The van der Waals surface area contributed by atoms with Gasteiger partial charge in [0, 0.05) is 30.9 Å². The Morgan fingerprint density at radius 3 is 2.62 bits per heavy atom. The maximum absolute atomic E-state index is 13.5. The third kappa shape index (κ3) is 4.24. The van der Waals surface area contributed by atoms with E-state index in [0.29, 0.717) is 0 Å². The Morgan fingerprint density at radius 2 is 1.95 bits per heavy atom. The fourth-order valence-corrected chi connectivity index (χ4v) is 7.37. The van der Waals surface area contributed by atoms with Gasteiger partial charge in [0.1, 0.15) is 6.33 Å². The molecule has 37 heavy (non-hydrogen) atoms. The largest absolute Gasteiger partial charge is 0.354 e. The summed E-state index contributed by atoms with van der Waals surface area (Å²) in [5, 5.41) is 4.32. The van der Waals surface area contributed by atoms with Gasteiger partial charge >= 0.3 is 0 Å². The topological polar surface area (TPSA) is 69.5 Å². The Morgan fingerprint density at radius 1 is 1.22 bits per heavy atom. The molecule has 0 atom stereocenters. The molecule has 1 saturated heterocycles. The smallest absolute Gasteiger partial charge is 0.272 e. The highest BCUT2D eigenvalue weighted by Crippen LogP contribution is 2.41. The van der Waals surface area contributed by atoms with Gasteiger partial charge in [0.2, 0.25) is 0 Å². The Balaban J connectivity index is 1.22. The molecule has 10 heteroatoms. The average molecular weight is 527 g/mol. The zero-order valence-corrected chi connectivity index (χ0v) is 22.4. The molecule has 5 heterocycles. The molecular weight excluding hydrogens is 494 g/mol. The second-order valence-electron chi connectivity index (χ2n) is 11.0. The fourth-order valence-electron chi connectivity index (χ4n) is 6.07. The predicted molar refractivity (Wildman–Crippen MR) is 142 cm³/mol. The van der Waals surface area contributed by atoms with E-state index in [0.717, 1.165) is 63.2 Å². The van der Waals surface area contributed by atoms with E-state index in [1.165, 1.54) is 5.56 Å². The molecule has 0 radical (unpaired) electrons.